The lowest BCUT2D eigenvalue weighted by molar-refractivity contribution is -0.118. The van der Waals surface area contributed by atoms with Crippen molar-refractivity contribution in [2.45, 2.75) is 46.4 Å². The third-order valence-electron chi connectivity index (χ3n) is 3.93. The molecule has 0 unspecified atom stereocenters. The first-order valence-corrected chi connectivity index (χ1v) is 9.91. The summed E-state index contributed by atoms with van der Waals surface area (Å²) in [5.74, 6) is -0.145. The summed E-state index contributed by atoms with van der Waals surface area (Å²) >= 11 is 0. The van der Waals surface area contributed by atoms with Crippen molar-refractivity contribution < 1.29 is 17.9 Å². The van der Waals surface area contributed by atoms with Crippen LogP contribution in [-0.2, 0) is 26.3 Å². The molecule has 0 bridgehead atoms. The molecule has 1 heterocycles. The molecule has 2 rings (SSSR count). The van der Waals surface area contributed by atoms with E-state index in [1.807, 2.05) is 27.7 Å². The number of hydrogen-bond donors (Lipinski definition) is 2. The molecule has 1 saturated heterocycles. The number of nitrogens with one attached hydrogen (secondary N) is 2. The maximum absolute atomic E-state index is 12.4. The Morgan fingerprint density at radius 2 is 1.76 bits per heavy atom. The molecule has 0 spiro atoms. The largest absolute Gasteiger partial charge is 0.373 e. The Bertz CT molecular complexity index is 678. The van der Waals surface area contributed by atoms with Gasteiger partial charge in [-0.05, 0) is 31.5 Å². The Morgan fingerprint density at radius 1 is 1.20 bits per heavy atom. The molecule has 0 aliphatic carbocycles. The minimum absolute atomic E-state index is 0.0518. The van der Waals surface area contributed by atoms with Crippen molar-refractivity contribution in [2.24, 2.45) is 5.92 Å². The predicted octanol–water partition coefficient (Wildman–Crippen LogP) is 1.72. The monoisotopic (exact) mass is 369 g/mol. The number of morpholine rings is 1. The summed E-state index contributed by atoms with van der Waals surface area (Å²) in [6.45, 7) is 8.27. The Balaban J connectivity index is 1.93. The van der Waals surface area contributed by atoms with E-state index >= 15 is 0 Å². The highest BCUT2D eigenvalue weighted by atomic mass is 32.2. The summed E-state index contributed by atoms with van der Waals surface area (Å²) in [5.41, 5.74) is 1.52. The highest BCUT2D eigenvalue weighted by Gasteiger charge is 2.30. The Hall–Kier alpha value is -1.48. The molecular weight excluding hydrogens is 342 g/mol. The average Bonchev–Trinajstić information content (AvgIpc) is 2.53. The second-order valence-electron chi connectivity index (χ2n) is 6.74. The van der Waals surface area contributed by atoms with Crippen molar-refractivity contribution in [3.05, 3.63) is 29.8 Å². The van der Waals surface area contributed by atoms with Crippen LogP contribution in [0.2, 0.25) is 0 Å². The van der Waals surface area contributed by atoms with E-state index in [-0.39, 0.29) is 30.6 Å². The highest BCUT2D eigenvalue weighted by molar-refractivity contribution is 7.87. The predicted molar refractivity (Wildman–Crippen MR) is 97.3 cm³/mol. The van der Waals surface area contributed by atoms with Crippen LogP contribution in [0.25, 0.3) is 0 Å². The van der Waals surface area contributed by atoms with Crippen LogP contribution in [0.5, 0.6) is 0 Å². The Morgan fingerprint density at radius 3 is 2.28 bits per heavy atom. The van der Waals surface area contributed by atoms with Crippen LogP contribution in [0.15, 0.2) is 24.3 Å². The third-order valence-corrected chi connectivity index (χ3v) is 5.42. The third kappa shape index (κ3) is 5.78. The van der Waals surface area contributed by atoms with Crippen LogP contribution in [-0.4, -0.2) is 43.9 Å². The summed E-state index contributed by atoms with van der Waals surface area (Å²) in [6, 6.07) is 7.12. The number of benzene rings is 1. The lowest BCUT2D eigenvalue weighted by atomic mass is 10.2. The fourth-order valence-electron chi connectivity index (χ4n) is 2.59. The second kappa shape index (κ2) is 8.27. The van der Waals surface area contributed by atoms with Crippen molar-refractivity contribution in [2.75, 3.05) is 18.4 Å². The molecule has 140 valence electrons. The van der Waals surface area contributed by atoms with Crippen LogP contribution >= 0.6 is 0 Å². The lowest BCUT2D eigenvalue weighted by Crippen LogP contribution is -2.51. The van der Waals surface area contributed by atoms with Gasteiger partial charge in [0.1, 0.15) is 0 Å². The molecule has 0 aromatic heterocycles. The van der Waals surface area contributed by atoms with Crippen LogP contribution in [0.3, 0.4) is 0 Å². The molecule has 7 nitrogen and oxygen atoms in total. The highest BCUT2D eigenvalue weighted by Crippen LogP contribution is 2.15. The quantitative estimate of drug-likeness (QED) is 0.799. The van der Waals surface area contributed by atoms with Crippen LogP contribution in [0.1, 0.15) is 33.3 Å². The molecule has 0 saturated carbocycles. The van der Waals surface area contributed by atoms with Crippen LogP contribution in [0, 0.1) is 5.92 Å². The van der Waals surface area contributed by atoms with Gasteiger partial charge >= 0.3 is 0 Å². The van der Waals surface area contributed by atoms with Crippen molar-refractivity contribution in [1.29, 1.82) is 0 Å². The number of nitrogens with zero attached hydrogens (tertiary/aromatic N) is 1. The maximum Gasteiger partial charge on any atom is 0.279 e. The Kier molecular flexibility index (Phi) is 6.56. The van der Waals surface area contributed by atoms with E-state index in [0.717, 1.165) is 5.56 Å². The first-order chi connectivity index (χ1) is 11.7. The van der Waals surface area contributed by atoms with Crippen LogP contribution in [0.4, 0.5) is 5.69 Å². The van der Waals surface area contributed by atoms with Gasteiger partial charge in [0, 0.05) is 31.2 Å². The van der Waals surface area contributed by atoms with Crippen molar-refractivity contribution >= 4 is 21.8 Å². The topological polar surface area (TPSA) is 87.7 Å². The molecule has 1 aliphatic heterocycles. The molecule has 25 heavy (non-hydrogen) atoms. The SMILES string of the molecule is CC(C)C(=O)Nc1ccc(CNS(=O)(=O)N2C[C@@H](C)O[C@H](C)C2)cc1. The van der Waals surface area contributed by atoms with Gasteiger partial charge in [-0.25, -0.2) is 0 Å². The van der Waals surface area contributed by atoms with E-state index in [1.54, 1.807) is 24.3 Å². The summed E-state index contributed by atoms with van der Waals surface area (Å²) in [7, 11) is -3.55. The van der Waals surface area contributed by atoms with Gasteiger partial charge in [-0.15, -0.1) is 0 Å². The van der Waals surface area contributed by atoms with Crippen molar-refractivity contribution in [1.82, 2.24) is 9.03 Å². The van der Waals surface area contributed by atoms with E-state index < -0.39 is 10.2 Å². The van der Waals surface area contributed by atoms with E-state index in [4.69, 9.17) is 4.74 Å². The first-order valence-electron chi connectivity index (χ1n) is 8.47. The van der Waals surface area contributed by atoms with Gasteiger partial charge in [0.2, 0.25) is 5.91 Å². The van der Waals surface area contributed by atoms with Gasteiger partial charge in [0.25, 0.3) is 10.2 Å². The summed E-state index contributed by atoms with van der Waals surface area (Å²) < 4.78 is 34.5. The van der Waals surface area contributed by atoms with Crippen molar-refractivity contribution in [3.8, 4) is 0 Å². The normalized spacial score (nSPS) is 22.1. The van der Waals surface area contributed by atoms with E-state index in [0.29, 0.717) is 18.8 Å². The minimum Gasteiger partial charge on any atom is -0.373 e. The molecular formula is C17H27N3O4S. The number of rotatable bonds is 6. The summed E-state index contributed by atoms with van der Waals surface area (Å²) in [5, 5.41) is 2.80. The molecule has 0 radical (unpaired) electrons. The molecule has 2 atom stereocenters. The van der Waals surface area contributed by atoms with Gasteiger partial charge in [-0.3, -0.25) is 4.79 Å². The standard InChI is InChI=1S/C17H27N3O4S/c1-12(2)17(21)19-16-7-5-15(6-8-16)9-18-25(22,23)20-10-13(3)24-14(4)11-20/h5-8,12-14,18H,9-11H2,1-4H3,(H,19,21)/t13-,14-/m1/s1. The minimum atomic E-state index is -3.55. The van der Waals surface area contributed by atoms with Gasteiger partial charge < -0.3 is 10.1 Å². The molecule has 1 aliphatic rings. The van der Waals surface area contributed by atoms with Gasteiger partial charge in [-0.2, -0.15) is 17.4 Å². The summed E-state index contributed by atoms with van der Waals surface area (Å²) in [6.07, 6.45) is -0.242. The van der Waals surface area contributed by atoms with E-state index in [9.17, 15) is 13.2 Å². The number of carbonyl (C=O) groups is 1. The van der Waals surface area contributed by atoms with Gasteiger partial charge in [0.15, 0.2) is 0 Å². The smallest absolute Gasteiger partial charge is 0.279 e. The number of ether oxygens (including phenoxy) is 1. The average molecular weight is 369 g/mol. The second-order valence-corrected chi connectivity index (χ2v) is 8.50. The lowest BCUT2D eigenvalue weighted by Gasteiger charge is -2.34. The zero-order valence-corrected chi connectivity index (χ0v) is 16.0. The molecule has 1 aromatic carbocycles. The molecule has 8 heteroatoms. The van der Waals surface area contributed by atoms with Crippen LogP contribution < -0.4 is 10.0 Å². The molecule has 2 N–H and O–H groups in total. The van der Waals surface area contributed by atoms with Gasteiger partial charge in [0.05, 0.1) is 12.2 Å². The first kappa shape index (κ1) is 19.8. The molecule has 1 amide bonds. The van der Waals surface area contributed by atoms with E-state index in [2.05, 4.69) is 10.0 Å². The fourth-order valence-corrected chi connectivity index (χ4v) is 3.93. The molecule has 1 fully saturated rings. The zero-order valence-electron chi connectivity index (χ0n) is 15.2. The number of carbonyl (C=O) groups excluding carboxylic acids is 1. The fraction of sp³-hybridized carbons (Fsp3) is 0.588. The molecule has 1 aromatic rings. The number of hydrogen-bond acceptors (Lipinski definition) is 4. The maximum atomic E-state index is 12.4. The Labute approximate surface area is 149 Å². The van der Waals surface area contributed by atoms with E-state index in [1.165, 1.54) is 4.31 Å². The van der Waals surface area contributed by atoms with Crippen molar-refractivity contribution in [3.63, 3.8) is 0 Å². The number of amides is 1. The number of anilines is 1. The summed E-state index contributed by atoms with van der Waals surface area (Å²) in [4.78, 5) is 11.7. The van der Waals surface area contributed by atoms with Gasteiger partial charge in [-0.1, -0.05) is 26.0 Å². The zero-order chi connectivity index (χ0) is 18.6.